The van der Waals surface area contributed by atoms with Crippen molar-refractivity contribution in [2.75, 3.05) is 19.8 Å². The summed E-state index contributed by atoms with van der Waals surface area (Å²) in [6.45, 7) is 2.26. The molecule has 2 rings (SSSR count). The van der Waals surface area contributed by atoms with Crippen molar-refractivity contribution in [1.82, 2.24) is 0 Å². The predicted molar refractivity (Wildman–Crippen MR) is 59.4 cm³/mol. The molecule has 3 heteroatoms. The minimum absolute atomic E-state index is 0.00833. The first kappa shape index (κ1) is 11.1. The Balaban J connectivity index is 2.03. The van der Waals surface area contributed by atoms with Gasteiger partial charge in [-0.05, 0) is 38.6 Å². The van der Waals surface area contributed by atoms with Gasteiger partial charge in [0.25, 0.3) is 0 Å². The molecule has 0 aromatic heterocycles. The molecule has 86 valence electrons. The van der Waals surface area contributed by atoms with Crippen LogP contribution in [0.2, 0.25) is 0 Å². The van der Waals surface area contributed by atoms with E-state index in [-0.39, 0.29) is 11.7 Å². The third kappa shape index (κ3) is 2.41. The smallest absolute Gasteiger partial charge is 0.163 e. The standard InChI is InChI=1S/C12H21NO2/c13-8-4-7-12(5-2-1-3-6-12)11-14-9-10-15-11/h1-2,11H,3-10,13H2. The lowest BCUT2D eigenvalue weighted by molar-refractivity contribution is -0.140. The molecule has 1 saturated heterocycles. The van der Waals surface area contributed by atoms with Crippen molar-refractivity contribution < 1.29 is 9.47 Å². The summed E-state index contributed by atoms with van der Waals surface area (Å²) in [5.74, 6) is 0. The monoisotopic (exact) mass is 211 g/mol. The van der Waals surface area contributed by atoms with Gasteiger partial charge in [0.2, 0.25) is 0 Å². The summed E-state index contributed by atoms with van der Waals surface area (Å²) in [5.41, 5.74) is 5.80. The van der Waals surface area contributed by atoms with Gasteiger partial charge in [0, 0.05) is 5.41 Å². The van der Waals surface area contributed by atoms with Crippen LogP contribution in [-0.4, -0.2) is 26.0 Å². The van der Waals surface area contributed by atoms with E-state index in [2.05, 4.69) is 12.2 Å². The predicted octanol–water partition coefficient (Wildman–Crippen LogP) is 1.82. The van der Waals surface area contributed by atoms with Gasteiger partial charge in [-0.2, -0.15) is 0 Å². The van der Waals surface area contributed by atoms with Gasteiger partial charge in [-0.1, -0.05) is 12.2 Å². The molecule has 0 bridgehead atoms. The van der Waals surface area contributed by atoms with E-state index in [0.29, 0.717) is 0 Å². The molecule has 0 aromatic carbocycles. The molecule has 0 amide bonds. The molecule has 0 aromatic rings. The Morgan fingerprint density at radius 1 is 1.27 bits per heavy atom. The fourth-order valence-electron chi connectivity index (χ4n) is 2.63. The molecule has 2 aliphatic rings. The summed E-state index contributed by atoms with van der Waals surface area (Å²) in [6.07, 6.45) is 10.1. The molecule has 2 N–H and O–H groups in total. The van der Waals surface area contributed by atoms with Gasteiger partial charge in [0.05, 0.1) is 13.2 Å². The van der Waals surface area contributed by atoms with E-state index in [1.54, 1.807) is 0 Å². The maximum absolute atomic E-state index is 5.70. The maximum atomic E-state index is 5.70. The Bertz CT molecular complexity index is 224. The van der Waals surface area contributed by atoms with Crippen LogP contribution in [0.5, 0.6) is 0 Å². The highest BCUT2D eigenvalue weighted by Gasteiger charge is 2.41. The molecule has 0 radical (unpaired) electrons. The third-order valence-corrected chi connectivity index (χ3v) is 3.50. The van der Waals surface area contributed by atoms with Crippen LogP contribution >= 0.6 is 0 Å². The molecule has 1 atom stereocenters. The molecule has 0 saturated carbocycles. The second-order valence-corrected chi connectivity index (χ2v) is 4.54. The molecule has 3 nitrogen and oxygen atoms in total. The number of rotatable bonds is 4. The lowest BCUT2D eigenvalue weighted by atomic mass is 9.73. The molecular weight excluding hydrogens is 190 g/mol. The number of ether oxygens (including phenoxy) is 2. The molecule has 0 spiro atoms. The SMILES string of the molecule is NCCCC1(C2OCCO2)CC=CCC1. The van der Waals surface area contributed by atoms with Gasteiger partial charge < -0.3 is 15.2 Å². The van der Waals surface area contributed by atoms with Crippen LogP contribution in [-0.2, 0) is 9.47 Å². The van der Waals surface area contributed by atoms with Crippen LogP contribution in [0.25, 0.3) is 0 Å². The summed E-state index contributed by atoms with van der Waals surface area (Å²) in [5, 5.41) is 0. The molecule has 1 heterocycles. The van der Waals surface area contributed by atoms with E-state index < -0.39 is 0 Å². The highest BCUT2D eigenvalue weighted by Crippen LogP contribution is 2.43. The molecule has 1 aliphatic heterocycles. The van der Waals surface area contributed by atoms with Crippen molar-refractivity contribution in [3.63, 3.8) is 0 Å². The van der Waals surface area contributed by atoms with Crippen molar-refractivity contribution >= 4 is 0 Å². The molecule has 1 fully saturated rings. The zero-order chi connectivity index (χ0) is 10.6. The molecular formula is C12H21NO2. The largest absolute Gasteiger partial charge is 0.350 e. The van der Waals surface area contributed by atoms with Gasteiger partial charge in [-0.15, -0.1) is 0 Å². The fourth-order valence-corrected chi connectivity index (χ4v) is 2.63. The Kier molecular flexibility index (Phi) is 3.78. The zero-order valence-electron chi connectivity index (χ0n) is 9.28. The van der Waals surface area contributed by atoms with Crippen LogP contribution in [0.15, 0.2) is 12.2 Å². The van der Waals surface area contributed by atoms with E-state index in [1.165, 1.54) is 6.42 Å². The summed E-state index contributed by atoms with van der Waals surface area (Å²) in [7, 11) is 0. The quantitative estimate of drug-likeness (QED) is 0.721. The van der Waals surface area contributed by atoms with E-state index >= 15 is 0 Å². The Morgan fingerprint density at radius 2 is 2.07 bits per heavy atom. The first-order valence-electron chi connectivity index (χ1n) is 5.96. The lowest BCUT2D eigenvalue weighted by Crippen LogP contribution is -2.37. The number of hydrogen-bond donors (Lipinski definition) is 1. The number of nitrogens with two attached hydrogens (primary N) is 1. The van der Waals surface area contributed by atoms with Crippen LogP contribution in [0, 0.1) is 5.41 Å². The average Bonchev–Trinajstić information content (AvgIpc) is 2.82. The second-order valence-electron chi connectivity index (χ2n) is 4.54. The van der Waals surface area contributed by atoms with E-state index in [4.69, 9.17) is 15.2 Å². The highest BCUT2D eigenvalue weighted by molar-refractivity contribution is 5.00. The zero-order valence-corrected chi connectivity index (χ0v) is 9.28. The number of hydrogen-bond acceptors (Lipinski definition) is 3. The third-order valence-electron chi connectivity index (χ3n) is 3.50. The van der Waals surface area contributed by atoms with Crippen molar-refractivity contribution in [3.8, 4) is 0 Å². The topological polar surface area (TPSA) is 44.5 Å². The average molecular weight is 211 g/mol. The van der Waals surface area contributed by atoms with Gasteiger partial charge >= 0.3 is 0 Å². The summed E-state index contributed by atoms with van der Waals surface area (Å²) in [4.78, 5) is 0. The first-order valence-corrected chi connectivity index (χ1v) is 5.96. The van der Waals surface area contributed by atoms with Crippen LogP contribution < -0.4 is 5.73 Å². The van der Waals surface area contributed by atoms with E-state index in [0.717, 1.165) is 45.4 Å². The minimum atomic E-state index is 0.00833. The van der Waals surface area contributed by atoms with Crippen molar-refractivity contribution in [3.05, 3.63) is 12.2 Å². The Morgan fingerprint density at radius 3 is 2.67 bits per heavy atom. The van der Waals surface area contributed by atoms with E-state index in [1.807, 2.05) is 0 Å². The fraction of sp³-hybridized carbons (Fsp3) is 0.833. The lowest BCUT2D eigenvalue weighted by Gasteiger charge is -2.38. The first-order chi connectivity index (χ1) is 7.37. The van der Waals surface area contributed by atoms with Crippen LogP contribution in [0.1, 0.15) is 32.1 Å². The number of allylic oxidation sites excluding steroid dienone is 2. The second kappa shape index (κ2) is 5.10. The summed E-state index contributed by atoms with van der Waals surface area (Å²) >= 11 is 0. The van der Waals surface area contributed by atoms with Crippen LogP contribution in [0.3, 0.4) is 0 Å². The highest BCUT2D eigenvalue weighted by atomic mass is 16.7. The van der Waals surface area contributed by atoms with Crippen molar-refractivity contribution in [2.24, 2.45) is 11.1 Å². The normalized spacial score (nSPS) is 32.3. The van der Waals surface area contributed by atoms with Gasteiger partial charge in [-0.25, -0.2) is 0 Å². The molecule has 15 heavy (non-hydrogen) atoms. The van der Waals surface area contributed by atoms with Crippen LogP contribution in [0.4, 0.5) is 0 Å². The van der Waals surface area contributed by atoms with Crippen molar-refractivity contribution in [1.29, 1.82) is 0 Å². The van der Waals surface area contributed by atoms with Crippen molar-refractivity contribution in [2.45, 2.75) is 38.4 Å². The van der Waals surface area contributed by atoms with E-state index in [9.17, 15) is 0 Å². The summed E-state index contributed by atoms with van der Waals surface area (Å²) < 4.78 is 11.4. The Hall–Kier alpha value is -0.380. The molecule has 1 unspecified atom stereocenters. The minimum Gasteiger partial charge on any atom is -0.350 e. The van der Waals surface area contributed by atoms with Gasteiger partial charge in [-0.3, -0.25) is 0 Å². The maximum Gasteiger partial charge on any atom is 0.163 e. The summed E-state index contributed by atoms with van der Waals surface area (Å²) in [6, 6.07) is 0. The van der Waals surface area contributed by atoms with Gasteiger partial charge in [0.1, 0.15) is 0 Å². The Labute approximate surface area is 91.6 Å². The molecule has 1 aliphatic carbocycles. The van der Waals surface area contributed by atoms with Gasteiger partial charge in [0.15, 0.2) is 6.29 Å².